The highest BCUT2D eigenvalue weighted by atomic mass is 79.9. The summed E-state index contributed by atoms with van der Waals surface area (Å²) in [6.07, 6.45) is 1.16. The summed E-state index contributed by atoms with van der Waals surface area (Å²) in [5.74, 6) is 0.918. The van der Waals surface area contributed by atoms with E-state index in [9.17, 15) is 4.39 Å². The number of halogens is 2. The quantitative estimate of drug-likeness (QED) is 0.402. The van der Waals surface area contributed by atoms with Gasteiger partial charge in [0.25, 0.3) is 0 Å². The van der Waals surface area contributed by atoms with Crippen LogP contribution in [0.2, 0.25) is 0 Å². The summed E-state index contributed by atoms with van der Waals surface area (Å²) >= 11 is 3.52. The molecule has 1 aromatic heterocycles. The number of hydrogen-bond donors (Lipinski definition) is 1. The Morgan fingerprint density at radius 1 is 0.968 bits per heavy atom. The van der Waals surface area contributed by atoms with Crippen LogP contribution in [0, 0.1) is 5.82 Å². The molecule has 2 aliphatic rings. The van der Waals surface area contributed by atoms with Crippen LogP contribution in [0.4, 0.5) is 10.3 Å². The molecule has 0 saturated heterocycles. The van der Waals surface area contributed by atoms with Crippen LogP contribution in [-0.4, -0.2) is 14.8 Å². The van der Waals surface area contributed by atoms with Crippen molar-refractivity contribution in [3.8, 4) is 5.75 Å². The first kappa shape index (κ1) is 18.3. The van der Waals surface area contributed by atoms with Gasteiger partial charge in [0.15, 0.2) is 0 Å². The fraction of sp³-hybridized carbons (Fsp3) is 0.0833. The van der Waals surface area contributed by atoms with Crippen molar-refractivity contribution in [2.24, 2.45) is 0 Å². The van der Waals surface area contributed by atoms with E-state index in [0.717, 1.165) is 26.9 Å². The van der Waals surface area contributed by atoms with Gasteiger partial charge in [-0.2, -0.15) is 10.1 Å². The highest BCUT2D eigenvalue weighted by Gasteiger charge is 2.41. The second-order valence-electron chi connectivity index (χ2n) is 7.49. The lowest BCUT2D eigenvalue weighted by Crippen LogP contribution is -2.32. The third-order valence-corrected chi connectivity index (χ3v) is 6.19. The molecule has 3 aromatic carbocycles. The molecule has 4 aromatic rings. The normalized spacial score (nSPS) is 19.0. The van der Waals surface area contributed by atoms with Crippen molar-refractivity contribution in [2.75, 3.05) is 5.32 Å². The summed E-state index contributed by atoms with van der Waals surface area (Å²) in [6.45, 7) is 0. The van der Waals surface area contributed by atoms with E-state index in [1.165, 1.54) is 18.5 Å². The van der Waals surface area contributed by atoms with E-state index < -0.39 is 0 Å². The van der Waals surface area contributed by atoms with E-state index in [2.05, 4.69) is 43.5 Å². The molecule has 0 spiro atoms. The summed E-state index contributed by atoms with van der Waals surface area (Å²) in [7, 11) is 0. The molecule has 2 aliphatic heterocycles. The van der Waals surface area contributed by atoms with Gasteiger partial charge in [-0.15, -0.1) is 0 Å². The number of rotatable bonds is 2. The Morgan fingerprint density at radius 3 is 2.58 bits per heavy atom. The van der Waals surface area contributed by atoms with E-state index >= 15 is 0 Å². The summed E-state index contributed by atoms with van der Waals surface area (Å²) in [6, 6.07) is 22.5. The smallest absolute Gasteiger partial charge is 0.226 e. The molecule has 31 heavy (non-hydrogen) atoms. The molecule has 0 aliphatic carbocycles. The molecule has 0 unspecified atom stereocenters. The number of fused-ring (bicyclic) bond motifs is 3. The Bertz CT molecular complexity index is 1320. The molecular weight excluding hydrogens is 459 g/mol. The summed E-state index contributed by atoms with van der Waals surface area (Å²) < 4.78 is 23.5. The molecule has 1 N–H and O–H groups in total. The van der Waals surface area contributed by atoms with Gasteiger partial charge in [-0.25, -0.2) is 9.07 Å². The SMILES string of the molecule is Fc1ccc2c(c1)C1=C([C@H](c3ccccc3)O2)[C@@H](c2ccc(Br)cc2)n2ncnc2N1. The predicted octanol–water partition coefficient (Wildman–Crippen LogP) is 5.74. The number of anilines is 1. The van der Waals surface area contributed by atoms with Gasteiger partial charge in [0.05, 0.1) is 5.70 Å². The molecule has 152 valence electrons. The summed E-state index contributed by atoms with van der Waals surface area (Å²) in [5, 5.41) is 7.88. The number of ether oxygens (including phenoxy) is 1. The zero-order chi connectivity index (χ0) is 20.9. The highest BCUT2D eigenvalue weighted by molar-refractivity contribution is 9.10. The molecule has 3 heterocycles. The topological polar surface area (TPSA) is 52.0 Å². The van der Waals surface area contributed by atoms with Crippen LogP contribution in [0.15, 0.2) is 89.2 Å². The average Bonchev–Trinajstić information content (AvgIpc) is 3.27. The highest BCUT2D eigenvalue weighted by Crippen LogP contribution is 2.50. The van der Waals surface area contributed by atoms with Crippen LogP contribution in [0.25, 0.3) is 5.70 Å². The van der Waals surface area contributed by atoms with Crippen molar-refractivity contribution in [1.29, 1.82) is 0 Å². The van der Waals surface area contributed by atoms with E-state index in [0.29, 0.717) is 17.3 Å². The second kappa shape index (κ2) is 7.06. The van der Waals surface area contributed by atoms with Gasteiger partial charge in [0.2, 0.25) is 5.95 Å². The van der Waals surface area contributed by atoms with E-state index in [1.807, 2.05) is 47.1 Å². The van der Waals surface area contributed by atoms with Crippen molar-refractivity contribution in [3.63, 3.8) is 0 Å². The molecule has 2 atom stereocenters. The molecule has 0 fully saturated rings. The van der Waals surface area contributed by atoms with Crippen LogP contribution in [0.1, 0.15) is 28.8 Å². The zero-order valence-corrected chi connectivity index (χ0v) is 17.8. The Morgan fingerprint density at radius 2 is 1.77 bits per heavy atom. The fourth-order valence-electron chi connectivity index (χ4n) is 4.31. The molecule has 0 amide bonds. The number of benzene rings is 3. The van der Waals surface area contributed by atoms with Gasteiger partial charge in [-0.05, 0) is 41.5 Å². The van der Waals surface area contributed by atoms with Crippen molar-refractivity contribution in [1.82, 2.24) is 14.8 Å². The molecule has 5 nitrogen and oxygen atoms in total. The lowest BCUT2D eigenvalue weighted by atomic mass is 9.84. The van der Waals surface area contributed by atoms with Crippen LogP contribution in [0.3, 0.4) is 0 Å². The molecule has 0 radical (unpaired) electrons. The summed E-state index contributed by atoms with van der Waals surface area (Å²) in [4.78, 5) is 4.40. The van der Waals surface area contributed by atoms with Gasteiger partial charge in [-0.3, -0.25) is 0 Å². The number of hydrogen-bond acceptors (Lipinski definition) is 4. The number of nitrogens with one attached hydrogen (secondary N) is 1. The molecule has 7 heteroatoms. The minimum Gasteiger partial charge on any atom is -0.480 e. The van der Waals surface area contributed by atoms with Crippen LogP contribution in [-0.2, 0) is 0 Å². The predicted molar refractivity (Wildman–Crippen MR) is 119 cm³/mol. The first-order valence-electron chi connectivity index (χ1n) is 9.86. The average molecular weight is 475 g/mol. The van der Waals surface area contributed by atoms with Gasteiger partial charge in [-0.1, -0.05) is 58.4 Å². The van der Waals surface area contributed by atoms with Gasteiger partial charge in [0, 0.05) is 15.6 Å². The van der Waals surface area contributed by atoms with E-state index in [-0.39, 0.29) is 18.0 Å². The van der Waals surface area contributed by atoms with Crippen molar-refractivity contribution >= 4 is 27.6 Å². The Hall–Kier alpha value is -3.45. The maximum absolute atomic E-state index is 14.2. The monoisotopic (exact) mass is 474 g/mol. The first-order valence-corrected chi connectivity index (χ1v) is 10.7. The van der Waals surface area contributed by atoms with Crippen LogP contribution < -0.4 is 10.1 Å². The standard InChI is InChI=1S/C24H16BrFN4O/c25-16-8-6-14(7-9-16)22-20-21(29-24-27-13-28-30(22)24)18-12-17(26)10-11-19(18)31-23(20)15-4-2-1-3-5-15/h1-13,22-23H,(H,27,28,29)/t22-,23+/m1/s1. The lowest BCUT2D eigenvalue weighted by molar-refractivity contribution is 0.222. The molecular formula is C24H16BrFN4O. The Labute approximate surface area is 186 Å². The lowest BCUT2D eigenvalue weighted by Gasteiger charge is -2.39. The fourth-order valence-corrected chi connectivity index (χ4v) is 4.57. The van der Waals surface area contributed by atoms with Crippen molar-refractivity contribution in [3.05, 3.63) is 112 Å². The first-order chi connectivity index (χ1) is 15.2. The van der Waals surface area contributed by atoms with E-state index in [4.69, 9.17) is 4.74 Å². The largest absolute Gasteiger partial charge is 0.480 e. The minimum absolute atomic E-state index is 0.261. The van der Waals surface area contributed by atoms with Gasteiger partial charge < -0.3 is 10.1 Å². The maximum atomic E-state index is 14.2. The molecule has 6 rings (SSSR count). The second-order valence-corrected chi connectivity index (χ2v) is 8.40. The van der Waals surface area contributed by atoms with Gasteiger partial charge in [0.1, 0.15) is 30.0 Å². The molecule has 0 saturated carbocycles. The van der Waals surface area contributed by atoms with Crippen LogP contribution >= 0.6 is 15.9 Å². The Balaban J connectivity index is 1.64. The third-order valence-electron chi connectivity index (χ3n) is 5.66. The third kappa shape index (κ3) is 2.96. The Kier molecular flexibility index (Phi) is 4.17. The summed E-state index contributed by atoms with van der Waals surface area (Å²) in [5.41, 5.74) is 4.50. The van der Waals surface area contributed by atoms with E-state index in [1.54, 1.807) is 6.07 Å². The van der Waals surface area contributed by atoms with Crippen molar-refractivity contribution < 1.29 is 9.13 Å². The molecule has 0 bridgehead atoms. The number of aromatic nitrogens is 3. The maximum Gasteiger partial charge on any atom is 0.226 e. The van der Waals surface area contributed by atoms with Crippen molar-refractivity contribution in [2.45, 2.75) is 12.1 Å². The zero-order valence-electron chi connectivity index (χ0n) is 16.2. The minimum atomic E-state index is -0.368. The number of nitrogens with zero attached hydrogens (tertiary/aromatic N) is 3. The van der Waals surface area contributed by atoms with Crippen LogP contribution in [0.5, 0.6) is 5.75 Å². The van der Waals surface area contributed by atoms with Gasteiger partial charge >= 0.3 is 0 Å².